The second kappa shape index (κ2) is 7.50. The zero-order valence-electron chi connectivity index (χ0n) is 12.6. The molecule has 1 aliphatic carbocycles. The largest absolute Gasteiger partial charge is 0.353 e. The Morgan fingerprint density at radius 3 is 2.52 bits per heavy atom. The van der Waals surface area contributed by atoms with Crippen LogP contribution in [-0.2, 0) is 4.79 Å². The zero-order valence-corrected chi connectivity index (χ0v) is 13.4. The number of nitrogens with one attached hydrogen (secondary N) is 1. The van der Waals surface area contributed by atoms with Gasteiger partial charge >= 0.3 is 0 Å². The third-order valence-corrected chi connectivity index (χ3v) is 4.54. The minimum Gasteiger partial charge on any atom is -0.353 e. The first-order valence-corrected chi connectivity index (χ1v) is 8.44. The van der Waals surface area contributed by atoms with Crippen molar-refractivity contribution in [1.82, 2.24) is 10.2 Å². The van der Waals surface area contributed by atoms with Gasteiger partial charge in [-0.05, 0) is 38.8 Å². The van der Waals surface area contributed by atoms with Gasteiger partial charge in [0.2, 0.25) is 5.91 Å². The van der Waals surface area contributed by atoms with Gasteiger partial charge in [0.25, 0.3) is 5.91 Å². The van der Waals surface area contributed by atoms with Crippen LogP contribution in [0.3, 0.4) is 0 Å². The molecule has 0 radical (unpaired) electrons. The van der Waals surface area contributed by atoms with Gasteiger partial charge < -0.3 is 10.2 Å². The summed E-state index contributed by atoms with van der Waals surface area (Å²) in [6.45, 7) is 5.33. The van der Waals surface area contributed by atoms with Gasteiger partial charge in [-0.2, -0.15) is 0 Å². The normalized spacial score (nSPS) is 13.8. The lowest BCUT2D eigenvalue weighted by Gasteiger charge is -2.20. The van der Waals surface area contributed by atoms with E-state index in [4.69, 9.17) is 0 Å². The summed E-state index contributed by atoms with van der Waals surface area (Å²) in [5, 5.41) is 2.96. The second-order valence-electron chi connectivity index (χ2n) is 5.10. The van der Waals surface area contributed by atoms with Crippen molar-refractivity contribution in [2.75, 3.05) is 18.8 Å². The maximum atomic E-state index is 12.5. The van der Waals surface area contributed by atoms with Crippen LogP contribution in [-0.4, -0.2) is 41.6 Å². The third-order valence-electron chi connectivity index (χ3n) is 3.47. The summed E-state index contributed by atoms with van der Waals surface area (Å²) in [5.74, 6) is 0.442. The summed E-state index contributed by atoms with van der Waals surface area (Å²) in [6, 6.07) is 7.89. The fourth-order valence-electron chi connectivity index (χ4n) is 2.09. The van der Waals surface area contributed by atoms with E-state index in [1.807, 2.05) is 38.1 Å². The molecule has 1 aromatic carbocycles. The second-order valence-corrected chi connectivity index (χ2v) is 6.12. The van der Waals surface area contributed by atoms with Crippen LogP contribution in [0, 0.1) is 0 Å². The van der Waals surface area contributed by atoms with E-state index < -0.39 is 0 Å². The molecule has 0 aromatic heterocycles. The quantitative estimate of drug-likeness (QED) is 0.788. The monoisotopic (exact) mass is 306 g/mol. The first-order chi connectivity index (χ1) is 10.2. The molecule has 1 fully saturated rings. The first-order valence-electron chi connectivity index (χ1n) is 7.46. The van der Waals surface area contributed by atoms with Crippen molar-refractivity contribution in [1.29, 1.82) is 0 Å². The fraction of sp³-hybridized carbons (Fsp3) is 0.500. The summed E-state index contributed by atoms with van der Waals surface area (Å²) < 4.78 is 0. The first kappa shape index (κ1) is 15.9. The highest BCUT2D eigenvalue weighted by Crippen LogP contribution is 2.24. The number of benzene rings is 1. The Hall–Kier alpha value is -1.49. The summed E-state index contributed by atoms with van der Waals surface area (Å²) in [4.78, 5) is 26.9. The van der Waals surface area contributed by atoms with Crippen molar-refractivity contribution >= 4 is 23.6 Å². The van der Waals surface area contributed by atoms with Crippen molar-refractivity contribution in [3.63, 3.8) is 0 Å². The number of amides is 2. The van der Waals surface area contributed by atoms with Crippen LogP contribution in [0.5, 0.6) is 0 Å². The predicted octanol–water partition coefficient (Wildman–Crippen LogP) is 2.54. The molecule has 1 N–H and O–H groups in total. The summed E-state index contributed by atoms with van der Waals surface area (Å²) >= 11 is 1.43. The molecule has 2 amide bonds. The van der Waals surface area contributed by atoms with Crippen LogP contribution in [0.1, 0.15) is 37.0 Å². The van der Waals surface area contributed by atoms with Crippen LogP contribution in [0.15, 0.2) is 29.2 Å². The molecule has 1 saturated carbocycles. The van der Waals surface area contributed by atoms with E-state index in [1.165, 1.54) is 11.8 Å². The van der Waals surface area contributed by atoms with Gasteiger partial charge in [-0.3, -0.25) is 9.59 Å². The van der Waals surface area contributed by atoms with Gasteiger partial charge in [-0.25, -0.2) is 0 Å². The standard InChI is InChI=1S/C16H22N2O2S/c1-3-18(4-2)16(20)13-7-5-6-8-14(13)21-11-15(19)17-12-9-10-12/h5-8,12H,3-4,9-11H2,1-2H3,(H,17,19). The molecule has 4 nitrogen and oxygen atoms in total. The molecule has 0 spiro atoms. The molecule has 114 valence electrons. The number of hydrogen-bond acceptors (Lipinski definition) is 3. The number of carbonyl (C=O) groups excluding carboxylic acids is 2. The van der Waals surface area contributed by atoms with E-state index in [0.717, 1.165) is 17.7 Å². The zero-order chi connectivity index (χ0) is 15.2. The van der Waals surface area contributed by atoms with E-state index in [9.17, 15) is 9.59 Å². The van der Waals surface area contributed by atoms with Gasteiger partial charge in [-0.1, -0.05) is 12.1 Å². The number of rotatable bonds is 7. The molecule has 2 rings (SSSR count). The van der Waals surface area contributed by atoms with E-state index in [0.29, 0.717) is 30.4 Å². The van der Waals surface area contributed by atoms with Crippen LogP contribution in [0.25, 0.3) is 0 Å². The third kappa shape index (κ3) is 4.49. The lowest BCUT2D eigenvalue weighted by atomic mass is 10.2. The molecule has 0 saturated heterocycles. The Kier molecular flexibility index (Phi) is 5.67. The van der Waals surface area contributed by atoms with Gasteiger partial charge in [-0.15, -0.1) is 11.8 Å². The molecule has 0 atom stereocenters. The molecule has 5 heteroatoms. The highest BCUT2D eigenvalue weighted by atomic mass is 32.2. The highest BCUT2D eigenvalue weighted by molar-refractivity contribution is 8.00. The van der Waals surface area contributed by atoms with Crippen molar-refractivity contribution in [3.8, 4) is 0 Å². The van der Waals surface area contributed by atoms with Crippen LogP contribution in [0.2, 0.25) is 0 Å². The summed E-state index contributed by atoms with van der Waals surface area (Å²) in [7, 11) is 0. The van der Waals surface area contributed by atoms with Gasteiger partial charge in [0.15, 0.2) is 0 Å². The molecule has 0 aliphatic heterocycles. The van der Waals surface area contributed by atoms with E-state index in [1.54, 1.807) is 4.90 Å². The Balaban J connectivity index is 2.01. The number of nitrogens with zero attached hydrogens (tertiary/aromatic N) is 1. The maximum Gasteiger partial charge on any atom is 0.254 e. The Morgan fingerprint density at radius 1 is 1.24 bits per heavy atom. The van der Waals surface area contributed by atoms with Gasteiger partial charge in [0, 0.05) is 24.0 Å². The van der Waals surface area contributed by atoms with E-state index in [2.05, 4.69) is 5.32 Å². The van der Waals surface area contributed by atoms with E-state index in [-0.39, 0.29) is 11.8 Å². The molecule has 1 aliphatic rings. The van der Waals surface area contributed by atoms with Crippen molar-refractivity contribution in [2.24, 2.45) is 0 Å². The minimum atomic E-state index is 0.0331. The van der Waals surface area contributed by atoms with Crippen molar-refractivity contribution in [3.05, 3.63) is 29.8 Å². The van der Waals surface area contributed by atoms with Crippen molar-refractivity contribution < 1.29 is 9.59 Å². The summed E-state index contributed by atoms with van der Waals surface area (Å²) in [6.07, 6.45) is 2.18. The molecule has 1 aromatic rings. The molecule has 0 unspecified atom stereocenters. The maximum absolute atomic E-state index is 12.5. The lowest BCUT2D eigenvalue weighted by Crippen LogP contribution is -2.31. The highest BCUT2D eigenvalue weighted by Gasteiger charge is 2.23. The number of thioether (sulfide) groups is 1. The topological polar surface area (TPSA) is 49.4 Å². The van der Waals surface area contributed by atoms with Gasteiger partial charge in [0.1, 0.15) is 0 Å². The Labute approximate surface area is 130 Å². The van der Waals surface area contributed by atoms with Crippen LogP contribution < -0.4 is 5.32 Å². The van der Waals surface area contributed by atoms with Crippen LogP contribution in [0.4, 0.5) is 0 Å². The molecule has 0 bridgehead atoms. The van der Waals surface area contributed by atoms with Crippen molar-refractivity contribution in [2.45, 2.75) is 37.6 Å². The van der Waals surface area contributed by atoms with E-state index >= 15 is 0 Å². The molecular weight excluding hydrogens is 284 g/mol. The molecule has 0 heterocycles. The minimum absolute atomic E-state index is 0.0331. The average Bonchev–Trinajstić information content (AvgIpc) is 3.30. The number of hydrogen-bond donors (Lipinski definition) is 1. The lowest BCUT2D eigenvalue weighted by molar-refractivity contribution is -0.118. The smallest absolute Gasteiger partial charge is 0.254 e. The predicted molar refractivity (Wildman–Crippen MR) is 85.6 cm³/mol. The number of carbonyl (C=O) groups is 2. The molecule has 21 heavy (non-hydrogen) atoms. The van der Waals surface area contributed by atoms with Crippen LogP contribution >= 0.6 is 11.8 Å². The van der Waals surface area contributed by atoms with Gasteiger partial charge in [0.05, 0.1) is 11.3 Å². The molecular formula is C16H22N2O2S. The Bertz CT molecular complexity index is 511. The average molecular weight is 306 g/mol. The Morgan fingerprint density at radius 2 is 1.90 bits per heavy atom. The SMILES string of the molecule is CCN(CC)C(=O)c1ccccc1SCC(=O)NC1CC1. The fourth-order valence-corrected chi connectivity index (χ4v) is 2.95. The summed E-state index contributed by atoms with van der Waals surface area (Å²) in [5.41, 5.74) is 0.686.